The van der Waals surface area contributed by atoms with Crippen molar-refractivity contribution in [3.8, 4) is 5.75 Å². The van der Waals surface area contributed by atoms with Crippen molar-refractivity contribution in [1.82, 2.24) is 5.32 Å². The third-order valence-electron chi connectivity index (χ3n) is 3.45. The van der Waals surface area contributed by atoms with E-state index in [2.05, 4.69) is 9.84 Å². The van der Waals surface area contributed by atoms with Gasteiger partial charge in [0.05, 0.1) is 0 Å². The van der Waals surface area contributed by atoms with Crippen LogP contribution in [0, 0.1) is 0 Å². The Morgan fingerprint density at radius 3 is 2.54 bits per heavy atom. The Labute approximate surface area is 140 Å². The van der Waals surface area contributed by atoms with Crippen molar-refractivity contribution in [1.29, 1.82) is 0 Å². The smallest absolute Gasteiger partial charge is 0.404 e. The zero-order chi connectivity index (χ0) is 18.2. The van der Waals surface area contributed by atoms with E-state index in [1.165, 1.54) is 24.3 Å². The van der Waals surface area contributed by atoms with Crippen molar-refractivity contribution in [3.63, 3.8) is 0 Å². The van der Waals surface area contributed by atoms with Crippen LogP contribution in [0.15, 0.2) is 24.3 Å². The summed E-state index contributed by atoms with van der Waals surface area (Å²) < 4.78 is 30.4. The van der Waals surface area contributed by atoms with Gasteiger partial charge in [0.25, 0.3) is 5.91 Å². The first-order chi connectivity index (χ1) is 11.2. The maximum atomic E-state index is 14.9. The molecule has 0 radical (unpaired) electrons. The predicted octanol–water partition coefficient (Wildman–Crippen LogP) is 1.98. The lowest BCUT2D eigenvalue weighted by molar-refractivity contribution is -0.132. The number of unbranched alkanes of at least 4 members (excludes halogenated alkanes) is 3. The first-order valence-corrected chi connectivity index (χ1v) is 9.23. The average Bonchev–Trinajstić information content (AvgIpc) is 2.49. The molecule has 1 aromatic carbocycles. The van der Waals surface area contributed by atoms with Crippen LogP contribution in [0.2, 0.25) is 0 Å². The number of carbonyl (C=O) groups is 1. The molecule has 9 heteroatoms. The Hall–Kier alpha value is -1.47. The van der Waals surface area contributed by atoms with Gasteiger partial charge in [-0.15, -0.1) is 0 Å². The molecule has 1 atom stereocenters. The summed E-state index contributed by atoms with van der Waals surface area (Å²) in [6.07, 6.45) is 3.42. The standard InChI is InChI=1S/C15H24FN2O5P/c1-15(16,14(19)18-11-7-3-2-6-10-17)12-8-4-5-9-13(12)23-24(20,21)22/h4-5,8-9H,2-3,6-7,10-11,17H2,1H3,(H,18,19)(H2,20,21,22). The maximum absolute atomic E-state index is 14.9. The molecule has 7 nitrogen and oxygen atoms in total. The zero-order valence-electron chi connectivity index (χ0n) is 13.6. The Morgan fingerprint density at radius 1 is 1.29 bits per heavy atom. The minimum absolute atomic E-state index is 0.242. The van der Waals surface area contributed by atoms with Gasteiger partial charge in [-0.1, -0.05) is 31.0 Å². The van der Waals surface area contributed by atoms with E-state index in [1.54, 1.807) is 0 Å². The molecular weight excluding hydrogens is 338 g/mol. The summed E-state index contributed by atoms with van der Waals surface area (Å²) in [7, 11) is -4.86. The summed E-state index contributed by atoms with van der Waals surface area (Å²) >= 11 is 0. The van der Waals surface area contributed by atoms with Crippen molar-refractivity contribution >= 4 is 13.7 Å². The van der Waals surface area contributed by atoms with Crippen LogP contribution in [0.25, 0.3) is 0 Å². The number of hydrogen-bond donors (Lipinski definition) is 4. The van der Waals surface area contributed by atoms with Gasteiger partial charge in [0.15, 0.2) is 0 Å². The number of amides is 1. The molecule has 0 aromatic heterocycles. The number of para-hydroxylation sites is 1. The molecule has 24 heavy (non-hydrogen) atoms. The van der Waals surface area contributed by atoms with E-state index in [-0.39, 0.29) is 11.3 Å². The number of halogens is 1. The second-order valence-electron chi connectivity index (χ2n) is 5.54. The normalized spacial score (nSPS) is 14.0. The molecule has 136 valence electrons. The second kappa shape index (κ2) is 9.13. The minimum Gasteiger partial charge on any atom is -0.404 e. The molecule has 0 saturated carbocycles. The fourth-order valence-electron chi connectivity index (χ4n) is 2.18. The van der Waals surface area contributed by atoms with Gasteiger partial charge in [0.1, 0.15) is 5.75 Å². The van der Waals surface area contributed by atoms with E-state index in [4.69, 9.17) is 15.5 Å². The first kappa shape index (κ1) is 20.6. The Bertz CT molecular complexity index is 591. The SMILES string of the molecule is CC(F)(C(=O)NCCCCCCN)c1ccccc1OP(=O)(O)O. The first-order valence-electron chi connectivity index (χ1n) is 7.70. The summed E-state index contributed by atoms with van der Waals surface area (Å²) in [5.41, 5.74) is 2.66. The molecule has 0 aliphatic heterocycles. The largest absolute Gasteiger partial charge is 0.524 e. The Balaban J connectivity index is 2.73. The van der Waals surface area contributed by atoms with Crippen molar-refractivity contribution in [3.05, 3.63) is 29.8 Å². The Kier molecular flexibility index (Phi) is 7.83. The van der Waals surface area contributed by atoms with Gasteiger partial charge in [-0.05, 0) is 32.4 Å². The number of phosphoric acid groups is 1. The second-order valence-corrected chi connectivity index (χ2v) is 6.70. The lowest BCUT2D eigenvalue weighted by Gasteiger charge is -2.23. The van der Waals surface area contributed by atoms with Gasteiger partial charge >= 0.3 is 7.82 Å². The lowest BCUT2D eigenvalue weighted by atomic mass is 9.96. The van der Waals surface area contributed by atoms with Gasteiger partial charge in [-0.2, -0.15) is 0 Å². The number of nitrogens with one attached hydrogen (secondary N) is 1. The summed E-state index contributed by atoms with van der Waals surface area (Å²) in [6.45, 7) is 1.95. The summed E-state index contributed by atoms with van der Waals surface area (Å²) in [5.74, 6) is -1.25. The van der Waals surface area contributed by atoms with Gasteiger partial charge in [-0.3, -0.25) is 14.6 Å². The summed E-state index contributed by atoms with van der Waals surface area (Å²) in [6, 6.07) is 5.35. The Morgan fingerprint density at radius 2 is 1.92 bits per heavy atom. The van der Waals surface area contributed by atoms with E-state index in [0.29, 0.717) is 19.5 Å². The molecule has 1 unspecified atom stereocenters. The third kappa shape index (κ3) is 6.57. The van der Waals surface area contributed by atoms with Crippen LogP contribution in [0.4, 0.5) is 4.39 Å². The number of phosphoric ester groups is 1. The van der Waals surface area contributed by atoms with Crippen LogP contribution in [-0.4, -0.2) is 28.8 Å². The maximum Gasteiger partial charge on any atom is 0.524 e. The molecular formula is C15H24FN2O5P. The lowest BCUT2D eigenvalue weighted by Crippen LogP contribution is -2.39. The number of rotatable bonds is 10. The predicted molar refractivity (Wildman–Crippen MR) is 88.1 cm³/mol. The van der Waals surface area contributed by atoms with Gasteiger partial charge in [0.2, 0.25) is 5.67 Å². The number of alkyl halides is 1. The molecule has 0 aliphatic rings. The summed E-state index contributed by atoms with van der Waals surface area (Å²) in [5, 5.41) is 2.49. The van der Waals surface area contributed by atoms with E-state index >= 15 is 0 Å². The van der Waals surface area contributed by atoms with Crippen molar-refractivity contribution < 1.29 is 28.1 Å². The van der Waals surface area contributed by atoms with Crippen LogP contribution in [-0.2, 0) is 15.0 Å². The van der Waals surface area contributed by atoms with Crippen LogP contribution >= 0.6 is 7.82 Å². The molecule has 0 aliphatic carbocycles. The summed E-state index contributed by atoms with van der Waals surface area (Å²) in [4.78, 5) is 29.9. The van der Waals surface area contributed by atoms with Gasteiger partial charge in [0, 0.05) is 12.1 Å². The molecule has 1 amide bonds. The molecule has 0 fully saturated rings. The average molecular weight is 362 g/mol. The number of carbonyl (C=O) groups excluding carboxylic acids is 1. The third-order valence-corrected chi connectivity index (χ3v) is 3.89. The fraction of sp³-hybridized carbons (Fsp3) is 0.533. The molecule has 0 bridgehead atoms. The highest BCUT2D eigenvalue weighted by atomic mass is 31.2. The molecule has 1 rings (SSSR count). The topological polar surface area (TPSA) is 122 Å². The van der Waals surface area contributed by atoms with Crippen LogP contribution in [0.3, 0.4) is 0 Å². The highest BCUT2D eigenvalue weighted by Gasteiger charge is 2.38. The van der Waals surface area contributed by atoms with Crippen molar-refractivity contribution in [2.75, 3.05) is 13.1 Å². The van der Waals surface area contributed by atoms with Crippen LogP contribution < -0.4 is 15.6 Å². The molecule has 5 N–H and O–H groups in total. The highest BCUT2D eigenvalue weighted by Crippen LogP contribution is 2.42. The molecule has 0 heterocycles. The minimum atomic E-state index is -4.86. The number of nitrogens with two attached hydrogens (primary N) is 1. The van der Waals surface area contributed by atoms with E-state index in [9.17, 15) is 13.8 Å². The van der Waals surface area contributed by atoms with Crippen molar-refractivity contribution in [2.24, 2.45) is 5.73 Å². The zero-order valence-corrected chi connectivity index (χ0v) is 14.5. The van der Waals surface area contributed by atoms with E-state index in [1.807, 2.05) is 0 Å². The quantitative estimate of drug-likeness (QED) is 0.373. The monoisotopic (exact) mass is 362 g/mol. The number of hydrogen-bond acceptors (Lipinski definition) is 4. The molecule has 0 saturated heterocycles. The fourth-order valence-corrected chi connectivity index (χ4v) is 2.59. The van der Waals surface area contributed by atoms with Gasteiger partial charge < -0.3 is 15.6 Å². The van der Waals surface area contributed by atoms with E-state index in [0.717, 1.165) is 26.2 Å². The molecule has 1 aromatic rings. The van der Waals surface area contributed by atoms with Gasteiger partial charge in [-0.25, -0.2) is 8.96 Å². The number of benzene rings is 1. The van der Waals surface area contributed by atoms with Crippen LogP contribution in [0.5, 0.6) is 5.75 Å². The van der Waals surface area contributed by atoms with E-state index < -0.39 is 19.4 Å². The van der Waals surface area contributed by atoms with Crippen molar-refractivity contribution in [2.45, 2.75) is 38.3 Å². The highest BCUT2D eigenvalue weighted by molar-refractivity contribution is 7.46. The molecule has 0 spiro atoms. The van der Waals surface area contributed by atoms with Crippen LogP contribution in [0.1, 0.15) is 38.2 Å².